The van der Waals surface area contributed by atoms with Crippen LogP contribution >= 0.6 is 12.4 Å². The largest absolute Gasteiger partial charge is 0.466 e. The monoisotopic (exact) mass is 230 g/mol. The quantitative estimate of drug-likeness (QED) is 0.796. The van der Waals surface area contributed by atoms with Gasteiger partial charge in [-0.2, -0.15) is 0 Å². The summed E-state index contributed by atoms with van der Waals surface area (Å²) in [7, 11) is 0. The first-order valence-electron chi connectivity index (χ1n) is 4.56. The molecule has 0 aromatic carbocycles. The van der Waals surface area contributed by atoms with Crippen LogP contribution in [0.2, 0.25) is 0 Å². The van der Waals surface area contributed by atoms with Gasteiger partial charge in [0, 0.05) is 6.20 Å². The van der Waals surface area contributed by atoms with Gasteiger partial charge in [-0.15, -0.1) is 12.4 Å². The zero-order valence-corrected chi connectivity index (χ0v) is 9.37. The fourth-order valence-electron chi connectivity index (χ4n) is 1.10. The Morgan fingerprint density at radius 1 is 1.60 bits per heavy atom. The van der Waals surface area contributed by atoms with Gasteiger partial charge in [-0.25, -0.2) is 0 Å². The van der Waals surface area contributed by atoms with Gasteiger partial charge in [0.15, 0.2) is 0 Å². The number of hydrogen-bond acceptors (Lipinski definition) is 4. The van der Waals surface area contributed by atoms with Crippen LogP contribution in [0.1, 0.15) is 25.1 Å². The number of carbonyl (C=O) groups is 1. The Bertz CT molecular complexity index is 293. The van der Waals surface area contributed by atoms with E-state index in [0.29, 0.717) is 12.3 Å². The van der Waals surface area contributed by atoms with Crippen molar-refractivity contribution in [3.63, 3.8) is 0 Å². The molecule has 15 heavy (non-hydrogen) atoms. The molecule has 0 spiro atoms. The zero-order valence-electron chi connectivity index (χ0n) is 8.55. The SMILES string of the molecule is CCOC(=O)CC(N)c1ccccn1.Cl. The van der Waals surface area contributed by atoms with Gasteiger partial charge in [0.1, 0.15) is 0 Å². The molecule has 1 aromatic rings. The molecule has 0 fully saturated rings. The van der Waals surface area contributed by atoms with E-state index in [4.69, 9.17) is 10.5 Å². The molecule has 2 N–H and O–H groups in total. The number of halogens is 1. The smallest absolute Gasteiger partial charge is 0.307 e. The minimum atomic E-state index is -0.379. The number of aromatic nitrogens is 1. The van der Waals surface area contributed by atoms with Crippen molar-refractivity contribution in [3.05, 3.63) is 30.1 Å². The van der Waals surface area contributed by atoms with Crippen molar-refractivity contribution in [2.45, 2.75) is 19.4 Å². The van der Waals surface area contributed by atoms with Gasteiger partial charge in [-0.05, 0) is 19.1 Å². The second-order valence-electron chi connectivity index (χ2n) is 2.87. The number of nitrogens with two attached hydrogens (primary N) is 1. The van der Waals surface area contributed by atoms with Crippen molar-refractivity contribution in [3.8, 4) is 0 Å². The standard InChI is InChI=1S/C10H14N2O2.ClH/c1-2-14-10(13)7-8(11)9-5-3-4-6-12-9;/h3-6,8H,2,7,11H2,1H3;1H. The summed E-state index contributed by atoms with van der Waals surface area (Å²) in [5.74, 6) is -0.286. The number of carbonyl (C=O) groups excluding carboxylic acids is 1. The van der Waals surface area contributed by atoms with Gasteiger partial charge >= 0.3 is 5.97 Å². The van der Waals surface area contributed by atoms with E-state index in [1.165, 1.54) is 0 Å². The molecule has 5 heteroatoms. The molecular formula is C10H15ClN2O2. The summed E-state index contributed by atoms with van der Waals surface area (Å²) in [6.45, 7) is 2.15. The lowest BCUT2D eigenvalue weighted by Crippen LogP contribution is -2.18. The Morgan fingerprint density at radius 2 is 2.33 bits per heavy atom. The van der Waals surface area contributed by atoms with Gasteiger partial charge in [0.2, 0.25) is 0 Å². The Morgan fingerprint density at radius 3 is 2.87 bits per heavy atom. The van der Waals surface area contributed by atoms with Crippen LogP contribution in [0.4, 0.5) is 0 Å². The third-order valence-electron chi connectivity index (χ3n) is 1.76. The van der Waals surface area contributed by atoms with E-state index in [1.807, 2.05) is 6.07 Å². The van der Waals surface area contributed by atoms with Crippen molar-refractivity contribution >= 4 is 18.4 Å². The maximum Gasteiger partial charge on any atom is 0.307 e. The van der Waals surface area contributed by atoms with Crippen molar-refractivity contribution in [1.29, 1.82) is 0 Å². The molecule has 0 aliphatic carbocycles. The minimum absolute atomic E-state index is 0. The fourth-order valence-corrected chi connectivity index (χ4v) is 1.10. The van der Waals surface area contributed by atoms with Gasteiger partial charge in [-0.3, -0.25) is 9.78 Å². The molecule has 1 atom stereocenters. The summed E-state index contributed by atoms with van der Waals surface area (Å²) in [6.07, 6.45) is 1.82. The summed E-state index contributed by atoms with van der Waals surface area (Å²) in [4.78, 5) is 15.2. The Balaban J connectivity index is 0.00000196. The lowest BCUT2D eigenvalue weighted by atomic mass is 10.1. The second-order valence-corrected chi connectivity index (χ2v) is 2.87. The van der Waals surface area contributed by atoms with E-state index < -0.39 is 0 Å². The second kappa shape index (κ2) is 7.20. The summed E-state index contributed by atoms with van der Waals surface area (Å²) in [6, 6.07) is 5.06. The Hall–Kier alpha value is -1.13. The van der Waals surface area contributed by atoms with E-state index in [9.17, 15) is 4.79 Å². The predicted octanol–water partition coefficient (Wildman–Crippen LogP) is 1.46. The minimum Gasteiger partial charge on any atom is -0.466 e. The number of rotatable bonds is 4. The van der Waals surface area contributed by atoms with Gasteiger partial charge < -0.3 is 10.5 Å². The van der Waals surface area contributed by atoms with Gasteiger partial charge in [0.25, 0.3) is 0 Å². The van der Waals surface area contributed by atoms with Crippen molar-refractivity contribution < 1.29 is 9.53 Å². The van der Waals surface area contributed by atoms with Crippen LogP contribution in [0.25, 0.3) is 0 Å². The first kappa shape index (κ1) is 13.9. The van der Waals surface area contributed by atoms with Gasteiger partial charge in [0.05, 0.1) is 24.8 Å². The molecule has 0 saturated heterocycles. The van der Waals surface area contributed by atoms with Gasteiger partial charge in [-0.1, -0.05) is 6.07 Å². The third kappa shape index (κ3) is 4.76. The summed E-state index contributed by atoms with van der Waals surface area (Å²) < 4.78 is 4.79. The highest BCUT2D eigenvalue weighted by atomic mass is 35.5. The molecule has 0 aliphatic heterocycles. The predicted molar refractivity (Wildman–Crippen MR) is 59.7 cm³/mol. The molecule has 0 amide bonds. The highest BCUT2D eigenvalue weighted by molar-refractivity contribution is 5.85. The number of hydrogen-bond donors (Lipinski definition) is 1. The molecular weight excluding hydrogens is 216 g/mol. The van der Waals surface area contributed by atoms with Crippen molar-refractivity contribution in [2.24, 2.45) is 5.73 Å². The molecule has 0 aliphatic rings. The van der Waals surface area contributed by atoms with Crippen LogP contribution in [-0.2, 0) is 9.53 Å². The number of ether oxygens (including phenoxy) is 1. The van der Waals surface area contributed by atoms with Crippen LogP contribution in [0.3, 0.4) is 0 Å². The number of esters is 1. The number of nitrogens with zero attached hydrogens (tertiary/aromatic N) is 1. The maximum absolute atomic E-state index is 11.1. The average molecular weight is 231 g/mol. The fraction of sp³-hybridized carbons (Fsp3) is 0.400. The summed E-state index contributed by atoms with van der Waals surface area (Å²) in [5, 5.41) is 0. The molecule has 4 nitrogen and oxygen atoms in total. The first-order chi connectivity index (χ1) is 6.74. The molecule has 1 aromatic heterocycles. The molecule has 0 bridgehead atoms. The highest BCUT2D eigenvalue weighted by Crippen LogP contribution is 2.10. The van der Waals surface area contributed by atoms with E-state index in [1.54, 1.807) is 25.3 Å². The Kier molecular flexibility index (Phi) is 6.66. The van der Waals surface area contributed by atoms with E-state index in [-0.39, 0.29) is 30.8 Å². The van der Waals surface area contributed by atoms with E-state index in [0.717, 1.165) is 0 Å². The van der Waals surface area contributed by atoms with Crippen LogP contribution in [0.5, 0.6) is 0 Å². The third-order valence-corrected chi connectivity index (χ3v) is 1.76. The van der Waals surface area contributed by atoms with Crippen LogP contribution in [0.15, 0.2) is 24.4 Å². The normalized spacial score (nSPS) is 11.3. The average Bonchev–Trinajstić information content (AvgIpc) is 2.19. The Labute approximate surface area is 95.2 Å². The molecule has 0 saturated carbocycles. The van der Waals surface area contributed by atoms with E-state index >= 15 is 0 Å². The highest BCUT2D eigenvalue weighted by Gasteiger charge is 2.12. The van der Waals surface area contributed by atoms with Crippen molar-refractivity contribution in [1.82, 2.24) is 4.98 Å². The summed E-state index contributed by atoms with van der Waals surface area (Å²) in [5.41, 5.74) is 6.47. The number of pyridine rings is 1. The molecule has 84 valence electrons. The maximum atomic E-state index is 11.1. The lowest BCUT2D eigenvalue weighted by Gasteiger charge is -2.09. The first-order valence-corrected chi connectivity index (χ1v) is 4.56. The summed E-state index contributed by atoms with van der Waals surface area (Å²) >= 11 is 0. The molecule has 0 radical (unpaired) electrons. The van der Waals surface area contributed by atoms with Crippen LogP contribution in [0, 0.1) is 0 Å². The van der Waals surface area contributed by atoms with Crippen LogP contribution < -0.4 is 5.73 Å². The van der Waals surface area contributed by atoms with Crippen molar-refractivity contribution in [2.75, 3.05) is 6.61 Å². The molecule has 1 heterocycles. The van der Waals surface area contributed by atoms with E-state index in [2.05, 4.69) is 4.98 Å². The van der Waals surface area contributed by atoms with Crippen LogP contribution in [-0.4, -0.2) is 17.6 Å². The topological polar surface area (TPSA) is 65.2 Å². The molecule has 1 unspecified atom stereocenters. The lowest BCUT2D eigenvalue weighted by molar-refractivity contribution is -0.143. The molecule has 1 rings (SSSR count). The zero-order chi connectivity index (χ0) is 10.4.